The monoisotopic (exact) mass is 368 g/mol. The third kappa shape index (κ3) is 3.05. The number of rotatable bonds is 4. The average molecular weight is 368 g/mol. The number of ketones is 1. The fraction of sp³-hybridized carbons (Fsp3) is 0.250. The molecule has 0 saturated carbocycles. The average Bonchev–Trinajstić information content (AvgIpc) is 3.12. The molecule has 1 aliphatic heterocycles. The number of carbonyl (C=O) groups is 3. The van der Waals surface area contributed by atoms with Crippen molar-refractivity contribution in [3.63, 3.8) is 0 Å². The number of aryl methyl sites for hydroxylation is 1. The smallest absolute Gasteiger partial charge is 0.303 e. The van der Waals surface area contributed by atoms with E-state index in [1.165, 1.54) is 18.2 Å². The van der Waals surface area contributed by atoms with Crippen LogP contribution in [0.5, 0.6) is 0 Å². The SMILES string of the molecule is O=C(O)CCc1c(C=C2C(=O)Nc3ccc(F)cc32)[nH]c2c1C(=O)CCC2. The molecule has 0 saturated heterocycles. The maximum atomic E-state index is 13.6. The van der Waals surface area contributed by atoms with Crippen molar-refractivity contribution in [3.05, 3.63) is 52.1 Å². The van der Waals surface area contributed by atoms with Crippen molar-refractivity contribution in [3.8, 4) is 0 Å². The first kappa shape index (κ1) is 17.2. The predicted octanol–water partition coefficient (Wildman–Crippen LogP) is 3.18. The van der Waals surface area contributed by atoms with Gasteiger partial charge >= 0.3 is 5.97 Å². The predicted molar refractivity (Wildman–Crippen MR) is 96.9 cm³/mol. The summed E-state index contributed by atoms with van der Waals surface area (Å²) in [4.78, 5) is 39.0. The van der Waals surface area contributed by atoms with Crippen LogP contribution in [0.15, 0.2) is 18.2 Å². The number of fused-ring (bicyclic) bond motifs is 2. The fourth-order valence-electron chi connectivity index (χ4n) is 3.75. The zero-order chi connectivity index (χ0) is 19.1. The number of anilines is 1. The number of aromatic amines is 1. The van der Waals surface area contributed by atoms with Gasteiger partial charge in [-0.3, -0.25) is 14.4 Å². The van der Waals surface area contributed by atoms with Crippen molar-refractivity contribution in [1.82, 2.24) is 4.98 Å². The molecule has 1 amide bonds. The first-order valence-corrected chi connectivity index (χ1v) is 8.75. The lowest BCUT2D eigenvalue weighted by Crippen LogP contribution is -2.11. The zero-order valence-corrected chi connectivity index (χ0v) is 14.4. The largest absolute Gasteiger partial charge is 0.481 e. The molecule has 7 heteroatoms. The van der Waals surface area contributed by atoms with Gasteiger partial charge < -0.3 is 15.4 Å². The van der Waals surface area contributed by atoms with Crippen LogP contribution in [0.4, 0.5) is 10.1 Å². The Hall–Kier alpha value is -3.22. The molecular formula is C20H17FN2O4. The van der Waals surface area contributed by atoms with Gasteiger partial charge in [0.1, 0.15) is 5.82 Å². The molecule has 0 atom stereocenters. The van der Waals surface area contributed by atoms with Gasteiger partial charge in [0.25, 0.3) is 5.91 Å². The highest BCUT2D eigenvalue weighted by molar-refractivity contribution is 6.35. The maximum Gasteiger partial charge on any atom is 0.303 e. The molecule has 2 heterocycles. The molecular weight excluding hydrogens is 351 g/mol. The normalized spacial score (nSPS) is 17.0. The summed E-state index contributed by atoms with van der Waals surface area (Å²) in [5, 5.41) is 11.7. The number of aliphatic carboxylic acids is 1. The first-order chi connectivity index (χ1) is 12.9. The van der Waals surface area contributed by atoms with Gasteiger partial charge in [0.05, 0.1) is 5.57 Å². The zero-order valence-electron chi connectivity index (χ0n) is 14.4. The van der Waals surface area contributed by atoms with Crippen LogP contribution in [0.3, 0.4) is 0 Å². The highest BCUT2D eigenvalue weighted by Gasteiger charge is 2.28. The molecule has 0 bridgehead atoms. The Bertz CT molecular complexity index is 1020. The lowest BCUT2D eigenvalue weighted by atomic mass is 9.91. The number of carboxylic acid groups (broad SMARTS) is 1. The number of halogens is 1. The van der Waals surface area contributed by atoms with E-state index in [2.05, 4.69) is 10.3 Å². The highest BCUT2D eigenvalue weighted by Crippen LogP contribution is 2.36. The van der Waals surface area contributed by atoms with E-state index in [-0.39, 0.29) is 30.1 Å². The summed E-state index contributed by atoms with van der Waals surface area (Å²) in [5.41, 5.74) is 3.73. The molecule has 0 radical (unpaired) electrons. The lowest BCUT2D eigenvalue weighted by Gasteiger charge is -2.11. The second kappa shape index (κ2) is 6.50. The van der Waals surface area contributed by atoms with Gasteiger partial charge in [-0.15, -0.1) is 0 Å². The van der Waals surface area contributed by atoms with E-state index in [0.29, 0.717) is 40.9 Å². The minimum Gasteiger partial charge on any atom is -0.481 e. The summed E-state index contributed by atoms with van der Waals surface area (Å²) >= 11 is 0. The van der Waals surface area contributed by atoms with Gasteiger partial charge in [-0.25, -0.2) is 4.39 Å². The Balaban J connectivity index is 1.84. The summed E-state index contributed by atoms with van der Waals surface area (Å²) < 4.78 is 13.6. The van der Waals surface area contributed by atoms with Crippen LogP contribution in [0, 0.1) is 5.82 Å². The van der Waals surface area contributed by atoms with Crippen LogP contribution in [0.25, 0.3) is 11.6 Å². The van der Waals surface area contributed by atoms with Crippen molar-refractivity contribution in [1.29, 1.82) is 0 Å². The second-order valence-electron chi connectivity index (χ2n) is 6.74. The minimum atomic E-state index is -0.960. The van der Waals surface area contributed by atoms with Crippen molar-refractivity contribution in [2.24, 2.45) is 0 Å². The molecule has 1 aromatic heterocycles. The summed E-state index contributed by atoms with van der Waals surface area (Å²) in [6.45, 7) is 0. The number of nitrogens with one attached hydrogen (secondary N) is 2. The molecule has 2 aliphatic rings. The number of benzene rings is 1. The van der Waals surface area contributed by atoms with Gasteiger partial charge in [0.2, 0.25) is 0 Å². The molecule has 4 rings (SSSR count). The quantitative estimate of drug-likeness (QED) is 0.722. The van der Waals surface area contributed by atoms with E-state index >= 15 is 0 Å². The van der Waals surface area contributed by atoms with Crippen LogP contribution < -0.4 is 5.32 Å². The third-order valence-corrected chi connectivity index (χ3v) is 4.97. The van der Waals surface area contributed by atoms with Gasteiger partial charge in [-0.2, -0.15) is 0 Å². The van der Waals surface area contributed by atoms with Crippen LogP contribution in [0.2, 0.25) is 0 Å². The van der Waals surface area contributed by atoms with E-state index < -0.39 is 11.8 Å². The summed E-state index contributed by atoms with van der Waals surface area (Å²) in [7, 11) is 0. The summed E-state index contributed by atoms with van der Waals surface area (Å²) in [6.07, 6.45) is 3.50. The van der Waals surface area contributed by atoms with Crippen LogP contribution >= 0.6 is 0 Å². The van der Waals surface area contributed by atoms with E-state index in [1.54, 1.807) is 6.08 Å². The molecule has 1 aromatic carbocycles. The molecule has 0 fully saturated rings. The lowest BCUT2D eigenvalue weighted by molar-refractivity contribution is -0.137. The Kier molecular flexibility index (Phi) is 4.14. The van der Waals surface area contributed by atoms with Crippen molar-refractivity contribution < 1.29 is 23.9 Å². The first-order valence-electron chi connectivity index (χ1n) is 8.75. The number of aromatic nitrogens is 1. The molecule has 1 aliphatic carbocycles. The molecule has 138 valence electrons. The number of hydrogen-bond acceptors (Lipinski definition) is 3. The van der Waals surface area contributed by atoms with Crippen LogP contribution in [-0.4, -0.2) is 27.8 Å². The number of hydrogen-bond donors (Lipinski definition) is 3. The fourth-order valence-corrected chi connectivity index (χ4v) is 3.75. The van der Waals surface area contributed by atoms with E-state index in [4.69, 9.17) is 5.11 Å². The molecule has 3 N–H and O–H groups in total. The standard InChI is InChI=1S/C20H17FN2O4/c21-10-4-6-14-12(8-10)13(20(27)23-14)9-16-11(5-7-18(25)26)19-15(22-16)2-1-3-17(19)24/h4,6,8-9,22H,1-3,5,7H2,(H,23,27)(H,25,26). The number of amides is 1. The molecule has 0 unspecified atom stereocenters. The Morgan fingerprint density at radius 2 is 2.07 bits per heavy atom. The molecule has 6 nitrogen and oxygen atoms in total. The van der Waals surface area contributed by atoms with Crippen LogP contribution in [-0.2, 0) is 22.4 Å². The van der Waals surface area contributed by atoms with Gasteiger partial charge in [0, 0.05) is 41.0 Å². The maximum absolute atomic E-state index is 13.6. The van der Waals surface area contributed by atoms with Crippen molar-refractivity contribution >= 4 is 35.0 Å². The molecule has 0 spiro atoms. The van der Waals surface area contributed by atoms with Gasteiger partial charge in [-0.1, -0.05) is 0 Å². The van der Waals surface area contributed by atoms with E-state index in [0.717, 1.165) is 12.1 Å². The third-order valence-electron chi connectivity index (χ3n) is 4.97. The molecule has 2 aromatic rings. The summed E-state index contributed by atoms with van der Waals surface area (Å²) in [6, 6.07) is 4.05. The Morgan fingerprint density at radius 3 is 2.85 bits per heavy atom. The van der Waals surface area contributed by atoms with E-state index in [9.17, 15) is 18.8 Å². The number of H-pyrrole nitrogens is 1. The van der Waals surface area contributed by atoms with Gasteiger partial charge in [-0.05, 0) is 49.1 Å². The summed E-state index contributed by atoms with van der Waals surface area (Å²) in [5.74, 6) is -1.79. The Morgan fingerprint density at radius 1 is 1.26 bits per heavy atom. The highest BCUT2D eigenvalue weighted by atomic mass is 19.1. The van der Waals surface area contributed by atoms with E-state index in [1.807, 2.05) is 0 Å². The van der Waals surface area contributed by atoms with Crippen molar-refractivity contribution in [2.75, 3.05) is 5.32 Å². The topological polar surface area (TPSA) is 99.3 Å². The molecule has 27 heavy (non-hydrogen) atoms. The number of carbonyl (C=O) groups excluding carboxylic acids is 2. The van der Waals surface area contributed by atoms with Crippen LogP contribution in [0.1, 0.15) is 52.1 Å². The number of carboxylic acids is 1. The number of Topliss-reactive ketones (excluding diaryl/α,β-unsaturated/α-hetero) is 1. The van der Waals surface area contributed by atoms with Gasteiger partial charge in [0.15, 0.2) is 5.78 Å². The van der Waals surface area contributed by atoms with Crippen molar-refractivity contribution in [2.45, 2.75) is 32.1 Å². The Labute approximate surface area is 154 Å². The minimum absolute atomic E-state index is 0.0140. The second-order valence-corrected chi connectivity index (χ2v) is 6.74.